The standard InChI is InChI=1S/C22H27N3O3S/c1-27-16-8-9-20(28-2)17(13-16)18-14-19(21-7-6-12-29-21)25(23-18)22(26)15-24-10-4-3-5-11-24/h6-9,12-13,19H,3-5,10-11,14-15H2,1-2H3. The molecule has 2 aliphatic rings. The summed E-state index contributed by atoms with van der Waals surface area (Å²) in [5.74, 6) is 1.54. The van der Waals surface area contributed by atoms with Gasteiger partial charge < -0.3 is 9.47 Å². The van der Waals surface area contributed by atoms with E-state index < -0.39 is 0 Å². The van der Waals surface area contributed by atoms with Crippen molar-refractivity contribution in [3.05, 3.63) is 46.2 Å². The summed E-state index contributed by atoms with van der Waals surface area (Å²) in [5, 5.41) is 8.53. The number of ether oxygens (including phenoxy) is 2. The molecule has 1 unspecified atom stereocenters. The second-order valence-electron chi connectivity index (χ2n) is 7.42. The van der Waals surface area contributed by atoms with Gasteiger partial charge in [-0.2, -0.15) is 5.10 Å². The van der Waals surface area contributed by atoms with E-state index >= 15 is 0 Å². The van der Waals surface area contributed by atoms with Crippen molar-refractivity contribution in [3.63, 3.8) is 0 Å². The van der Waals surface area contributed by atoms with Gasteiger partial charge in [-0.3, -0.25) is 9.69 Å². The molecule has 1 amide bonds. The summed E-state index contributed by atoms with van der Waals surface area (Å²) in [4.78, 5) is 16.6. The van der Waals surface area contributed by atoms with Gasteiger partial charge in [0.1, 0.15) is 11.5 Å². The largest absolute Gasteiger partial charge is 0.497 e. The predicted molar refractivity (Wildman–Crippen MR) is 115 cm³/mol. The Hall–Kier alpha value is -2.38. The average molecular weight is 414 g/mol. The molecule has 0 bridgehead atoms. The Morgan fingerprint density at radius 2 is 2.00 bits per heavy atom. The summed E-state index contributed by atoms with van der Waals surface area (Å²) in [7, 11) is 3.29. The Morgan fingerprint density at radius 1 is 1.17 bits per heavy atom. The Morgan fingerprint density at radius 3 is 2.69 bits per heavy atom. The van der Waals surface area contributed by atoms with Crippen molar-refractivity contribution in [2.75, 3.05) is 33.9 Å². The van der Waals surface area contributed by atoms with E-state index in [0.29, 0.717) is 13.0 Å². The lowest BCUT2D eigenvalue weighted by Gasteiger charge is -2.28. The van der Waals surface area contributed by atoms with Crippen LogP contribution in [0, 0.1) is 0 Å². The molecule has 1 aromatic heterocycles. The van der Waals surface area contributed by atoms with E-state index in [1.165, 1.54) is 6.42 Å². The minimum absolute atomic E-state index is 0.0576. The van der Waals surface area contributed by atoms with E-state index in [2.05, 4.69) is 11.0 Å². The fourth-order valence-electron chi connectivity index (χ4n) is 4.03. The minimum atomic E-state index is -0.0711. The van der Waals surface area contributed by atoms with Crippen LogP contribution in [-0.4, -0.2) is 55.4 Å². The van der Waals surface area contributed by atoms with Crippen molar-refractivity contribution < 1.29 is 14.3 Å². The molecular formula is C22H27N3O3S. The van der Waals surface area contributed by atoms with Crippen molar-refractivity contribution in [1.29, 1.82) is 0 Å². The maximum Gasteiger partial charge on any atom is 0.257 e. The molecule has 2 aliphatic heterocycles. The van der Waals surface area contributed by atoms with E-state index in [4.69, 9.17) is 14.6 Å². The first kappa shape index (κ1) is 19.9. The number of benzene rings is 1. The SMILES string of the molecule is COc1ccc(OC)c(C2=NN(C(=O)CN3CCCCC3)C(c3cccs3)C2)c1. The smallest absolute Gasteiger partial charge is 0.257 e. The summed E-state index contributed by atoms with van der Waals surface area (Å²) < 4.78 is 10.9. The number of likely N-dealkylation sites (tertiary alicyclic amines) is 1. The molecule has 6 nitrogen and oxygen atoms in total. The van der Waals surface area contributed by atoms with Crippen molar-refractivity contribution in [2.45, 2.75) is 31.7 Å². The highest BCUT2D eigenvalue weighted by molar-refractivity contribution is 7.10. The molecular weight excluding hydrogens is 386 g/mol. The van der Waals surface area contributed by atoms with E-state index in [9.17, 15) is 4.79 Å². The summed E-state index contributed by atoms with van der Waals surface area (Å²) in [6, 6.07) is 9.72. The first-order valence-corrected chi connectivity index (χ1v) is 10.9. The van der Waals surface area contributed by atoms with Gasteiger partial charge in [0.25, 0.3) is 5.91 Å². The highest BCUT2D eigenvalue weighted by atomic mass is 32.1. The molecule has 0 N–H and O–H groups in total. The van der Waals surface area contributed by atoms with Crippen LogP contribution in [0.25, 0.3) is 0 Å². The number of hydrogen-bond donors (Lipinski definition) is 0. The third kappa shape index (κ3) is 4.31. The summed E-state index contributed by atoms with van der Waals surface area (Å²) in [5.41, 5.74) is 1.73. The van der Waals surface area contributed by atoms with Crippen LogP contribution in [0.15, 0.2) is 40.8 Å². The number of rotatable bonds is 6. The molecule has 1 saturated heterocycles. The Kier molecular flexibility index (Phi) is 6.16. The first-order chi connectivity index (χ1) is 14.2. The maximum atomic E-state index is 13.2. The molecule has 0 radical (unpaired) electrons. The van der Waals surface area contributed by atoms with Crippen LogP contribution in [0.3, 0.4) is 0 Å². The van der Waals surface area contributed by atoms with Crippen molar-refractivity contribution in [1.82, 2.24) is 9.91 Å². The number of hydrogen-bond acceptors (Lipinski definition) is 6. The topological polar surface area (TPSA) is 54.4 Å². The van der Waals surface area contributed by atoms with Gasteiger partial charge in [0.2, 0.25) is 0 Å². The zero-order valence-electron chi connectivity index (χ0n) is 17.0. The van der Waals surface area contributed by atoms with Crippen LogP contribution >= 0.6 is 11.3 Å². The molecule has 2 aromatic rings. The van der Waals surface area contributed by atoms with Crippen LogP contribution in [0.5, 0.6) is 11.5 Å². The molecule has 154 valence electrons. The number of methoxy groups -OCH3 is 2. The lowest BCUT2D eigenvalue weighted by Crippen LogP contribution is -2.40. The molecule has 3 heterocycles. The van der Waals surface area contributed by atoms with Crippen LogP contribution in [0.2, 0.25) is 0 Å². The van der Waals surface area contributed by atoms with Crippen LogP contribution in [0.4, 0.5) is 0 Å². The van der Waals surface area contributed by atoms with Crippen LogP contribution in [-0.2, 0) is 4.79 Å². The maximum absolute atomic E-state index is 13.2. The van der Waals surface area contributed by atoms with Crippen molar-refractivity contribution >= 4 is 23.0 Å². The predicted octanol–water partition coefficient (Wildman–Crippen LogP) is 3.93. The normalized spacial score (nSPS) is 19.9. The monoisotopic (exact) mass is 413 g/mol. The number of hydrazone groups is 1. The number of thiophene rings is 1. The second kappa shape index (κ2) is 8.97. The molecule has 4 rings (SSSR count). The zero-order valence-corrected chi connectivity index (χ0v) is 17.8. The number of carbonyl (C=O) groups is 1. The summed E-state index contributed by atoms with van der Waals surface area (Å²) in [6.45, 7) is 2.40. The summed E-state index contributed by atoms with van der Waals surface area (Å²) in [6.07, 6.45) is 4.24. The fourth-order valence-corrected chi connectivity index (χ4v) is 4.84. The average Bonchev–Trinajstić information content (AvgIpc) is 3.43. The van der Waals surface area contributed by atoms with Crippen LogP contribution < -0.4 is 9.47 Å². The third-order valence-corrected chi connectivity index (χ3v) is 6.54. The zero-order chi connectivity index (χ0) is 20.2. The van der Waals surface area contributed by atoms with E-state index in [-0.39, 0.29) is 11.9 Å². The van der Waals surface area contributed by atoms with Crippen molar-refractivity contribution in [2.24, 2.45) is 5.10 Å². The Labute approximate surface area is 175 Å². The van der Waals surface area contributed by atoms with Gasteiger partial charge >= 0.3 is 0 Å². The summed E-state index contributed by atoms with van der Waals surface area (Å²) >= 11 is 1.67. The Balaban J connectivity index is 1.63. The van der Waals surface area contributed by atoms with Gasteiger partial charge in [-0.1, -0.05) is 12.5 Å². The van der Waals surface area contributed by atoms with E-state index in [0.717, 1.165) is 53.6 Å². The van der Waals surface area contributed by atoms with Gasteiger partial charge in [0.15, 0.2) is 0 Å². The molecule has 1 aromatic carbocycles. The fraction of sp³-hybridized carbons (Fsp3) is 0.455. The van der Waals surface area contributed by atoms with Gasteiger partial charge in [0, 0.05) is 16.9 Å². The Bertz CT molecular complexity index is 875. The third-order valence-electron chi connectivity index (χ3n) is 5.56. The lowest BCUT2D eigenvalue weighted by atomic mass is 10.0. The molecule has 0 saturated carbocycles. The number of amides is 1. The molecule has 29 heavy (non-hydrogen) atoms. The second-order valence-corrected chi connectivity index (χ2v) is 8.40. The molecule has 7 heteroatoms. The van der Waals surface area contributed by atoms with Gasteiger partial charge in [-0.05, 0) is 55.6 Å². The lowest BCUT2D eigenvalue weighted by molar-refractivity contribution is -0.134. The molecule has 0 aliphatic carbocycles. The first-order valence-electron chi connectivity index (χ1n) is 10.1. The van der Waals surface area contributed by atoms with E-state index in [1.54, 1.807) is 30.6 Å². The van der Waals surface area contributed by atoms with E-state index in [1.807, 2.05) is 29.6 Å². The minimum Gasteiger partial charge on any atom is -0.497 e. The quantitative estimate of drug-likeness (QED) is 0.720. The number of piperidine rings is 1. The number of carbonyl (C=O) groups excluding carboxylic acids is 1. The highest BCUT2D eigenvalue weighted by Crippen LogP contribution is 2.37. The highest BCUT2D eigenvalue weighted by Gasteiger charge is 2.35. The van der Waals surface area contributed by atoms with Gasteiger partial charge in [-0.15, -0.1) is 11.3 Å². The molecule has 0 spiro atoms. The van der Waals surface area contributed by atoms with Gasteiger partial charge in [-0.25, -0.2) is 5.01 Å². The molecule has 1 fully saturated rings. The van der Waals surface area contributed by atoms with Crippen LogP contribution in [0.1, 0.15) is 42.2 Å². The number of nitrogens with zero attached hydrogens (tertiary/aromatic N) is 3. The molecule has 1 atom stereocenters. The van der Waals surface area contributed by atoms with Crippen molar-refractivity contribution in [3.8, 4) is 11.5 Å². The van der Waals surface area contributed by atoms with Gasteiger partial charge in [0.05, 0.1) is 32.5 Å².